The van der Waals surface area contributed by atoms with Gasteiger partial charge in [-0.25, -0.2) is 9.97 Å². The van der Waals surface area contributed by atoms with Gasteiger partial charge in [0, 0.05) is 25.2 Å². The van der Waals surface area contributed by atoms with Crippen molar-refractivity contribution in [3.63, 3.8) is 0 Å². The average molecular weight is 220 g/mol. The number of nitrogens with zero attached hydrogens (tertiary/aromatic N) is 2. The standard InChI is InChI=1S/C11H16N4O/c1-8-10(7-14-11(12)15-8)5-3-4-6-13-9(2)16/h3,5,7H,4,6H2,1-2H3,(H,13,16)(H2,12,14,15). The molecule has 5 nitrogen and oxygen atoms in total. The van der Waals surface area contributed by atoms with Crippen LogP contribution in [0, 0.1) is 6.92 Å². The van der Waals surface area contributed by atoms with Gasteiger partial charge in [0.15, 0.2) is 0 Å². The lowest BCUT2D eigenvalue weighted by Gasteiger charge is -2.00. The predicted octanol–water partition coefficient (Wildman–Crippen LogP) is 0.907. The van der Waals surface area contributed by atoms with E-state index in [1.807, 2.05) is 19.1 Å². The van der Waals surface area contributed by atoms with Gasteiger partial charge in [-0.05, 0) is 13.3 Å². The van der Waals surface area contributed by atoms with Gasteiger partial charge < -0.3 is 11.1 Å². The largest absolute Gasteiger partial charge is 0.368 e. The fraction of sp³-hybridized carbons (Fsp3) is 0.364. The lowest BCUT2D eigenvalue weighted by molar-refractivity contribution is -0.118. The molecule has 0 saturated heterocycles. The quantitative estimate of drug-likeness (QED) is 0.739. The molecule has 0 unspecified atom stereocenters. The molecule has 0 aliphatic heterocycles. The number of hydrogen-bond donors (Lipinski definition) is 2. The van der Waals surface area contributed by atoms with Gasteiger partial charge in [0.2, 0.25) is 11.9 Å². The molecule has 1 heterocycles. The molecule has 0 fully saturated rings. The Hall–Kier alpha value is -1.91. The Bertz CT molecular complexity index is 401. The molecule has 1 amide bonds. The zero-order chi connectivity index (χ0) is 12.0. The van der Waals surface area contributed by atoms with Crippen LogP contribution in [0.25, 0.3) is 6.08 Å². The third-order valence-corrected chi connectivity index (χ3v) is 2.02. The van der Waals surface area contributed by atoms with Gasteiger partial charge in [0.25, 0.3) is 0 Å². The maximum Gasteiger partial charge on any atom is 0.220 e. The van der Waals surface area contributed by atoms with Crippen LogP contribution in [0.4, 0.5) is 5.95 Å². The molecule has 1 rings (SSSR count). The van der Waals surface area contributed by atoms with Crippen molar-refractivity contribution in [1.29, 1.82) is 0 Å². The normalized spacial score (nSPS) is 10.6. The number of nitrogens with two attached hydrogens (primary N) is 1. The highest BCUT2D eigenvalue weighted by Crippen LogP contribution is 2.07. The van der Waals surface area contributed by atoms with Crippen molar-refractivity contribution in [2.75, 3.05) is 12.3 Å². The summed E-state index contributed by atoms with van der Waals surface area (Å²) in [7, 11) is 0. The van der Waals surface area contributed by atoms with E-state index in [9.17, 15) is 4.79 Å². The van der Waals surface area contributed by atoms with E-state index in [4.69, 9.17) is 5.73 Å². The van der Waals surface area contributed by atoms with Crippen molar-refractivity contribution in [2.45, 2.75) is 20.3 Å². The molecule has 0 atom stereocenters. The molecular formula is C11H16N4O. The second kappa shape index (κ2) is 5.85. The zero-order valence-electron chi connectivity index (χ0n) is 9.53. The first-order chi connectivity index (χ1) is 7.59. The molecule has 16 heavy (non-hydrogen) atoms. The first-order valence-electron chi connectivity index (χ1n) is 5.09. The van der Waals surface area contributed by atoms with Crippen LogP contribution in [0.15, 0.2) is 12.3 Å². The van der Waals surface area contributed by atoms with Crippen LogP contribution in [0.1, 0.15) is 24.6 Å². The maximum atomic E-state index is 10.6. The Labute approximate surface area is 94.8 Å². The van der Waals surface area contributed by atoms with E-state index in [1.54, 1.807) is 6.20 Å². The zero-order valence-corrected chi connectivity index (χ0v) is 9.53. The number of amides is 1. The molecule has 0 aliphatic rings. The SMILES string of the molecule is CC(=O)NCCC=Cc1cnc(N)nc1C. The molecule has 1 aromatic rings. The summed E-state index contributed by atoms with van der Waals surface area (Å²) in [5.74, 6) is 0.272. The van der Waals surface area contributed by atoms with Gasteiger partial charge in [-0.3, -0.25) is 4.79 Å². The minimum Gasteiger partial charge on any atom is -0.368 e. The topological polar surface area (TPSA) is 80.9 Å². The minimum absolute atomic E-state index is 0.0135. The van der Waals surface area contributed by atoms with Crippen molar-refractivity contribution in [3.05, 3.63) is 23.5 Å². The summed E-state index contributed by atoms with van der Waals surface area (Å²) < 4.78 is 0. The van der Waals surface area contributed by atoms with Crippen molar-refractivity contribution in [2.24, 2.45) is 0 Å². The number of aromatic nitrogens is 2. The lowest BCUT2D eigenvalue weighted by Crippen LogP contribution is -2.20. The van der Waals surface area contributed by atoms with Crippen molar-refractivity contribution in [3.8, 4) is 0 Å². The number of aryl methyl sites for hydroxylation is 1. The highest BCUT2D eigenvalue weighted by atomic mass is 16.1. The van der Waals surface area contributed by atoms with Crippen LogP contribution in [-0.4, -0.2) is 22.4 Å². The van der Waals surface area contributed by atoms with Crippen LogP contribution in [0.5, 0.6) is 0 Å². The van der Waals surface area contributed by atoms with Gasteiger partial charge in [-0.15, -0.1) is 0 Å². The highest BCUT2D eigenvalue weighted by Gasteiger charge is 1.96. The summed E-state index contributed by atoms with van der Waals surface area (Å²) in [5, 5.41) is 2.71. The average Bonchev–Trinajstić information content (AvgIpc) is 2.20. The third-order valence-electron chi connectivity index (χ3n) is 2.02. The van der Waals surface area contributed by atoms with E-state index < -0.39 is 0 Å². The smallest absolute Gasteiger partial charge is 0.220 e. The number of nitrogen functional groups attached to an aromatic ring is 1. The monoisotopic (exact) mass is 220 g/mol. The highest BCUT2D eigenvalue weighted by molar-refractivity contribution is 5.72. The maximum absolute atomic E-state index is 10.6. The van der Waals surface area contributed by atoms with E-state index in [0.29, 0.717) is 6.54 Å². The Morgan fingerprint density at radius 3 is 3.00 bits per heavy atom. The van der Waals surface area contributed by atoms with E-state index >= 15 is 0 Å². The Balaban J connectivity index is 2.47. The van der Waals surface area contributed by atoms with Crippen LogP contribution in [0.3, 0.4) is 0 Å². The third kappa shape index (κ3) is 4.08. The molecule has 0 bridgehead atoms. The second-order valence-corrected chi connectivity index (χ2v) is 3.44. The fourth-order valence-electron chi connectivity index (χ4n) is 1.20. The van der Waals surface area contributed by atoms with Gasteiger partial charge in [-0.2, -0.15) is 0 Å². The van der Waals surface area contributed by atoms with Crippen molar-refractivity contribution in [1.82, 2.24) is 15.3 Å². The minimum atomic E-state index is -0.0135. The van der Waals surface area contributed by atoms with E-state index in [0.717, 1.165) is 17.7 Å². The Morgan fingerprint density at radius 1 is 1.62 bits per heavy atom. The van der Waals surface area contributed by atoms with Crippen molar-refractivity contribution < 1.29 is 4.79 Å². The van der Waals surface area contributed by atoms with Crippen LogP contribution < -0.4 is 11.1 Å². The molecule has 0 spiro atoms. The molecule has 0 radical (unpaired) electrons. The summed E-state index contributed by atoms with van der Waals surface area (Å²) in [4.78, 5) is 18.6. The molecule has 0 saturated carbocycles. The van der Waals surface area contributed by atoms with Gasteiger partial charge in [0.05, 0.1) is 5.69 Å². The molecular weight excluding hydrogens is 204 g/mol. The van der Waals surface area contributed by atoms with E-state index in [-0.39, 0.29) is 11.9 Å². The molecule has 0 aliphatic carbocycles. The Morgan fingerprint density at radius 2 is 2.38 bits per heavy atom. The molecule has 3 N–H and O–H groups in total. The number of anilines is 1. The molecule has 1 aromatic heterocycles. The van der Waals surface area contributed by atoms with E-state index in [1.165, 1.54) is 6.92 Å². The summed E-state index contributed by atoms with van der Waals surface area (Å²) >= 11 is 0. The number of carbonyl (C=O) groups is 1. The van der Waals surface area contributed by atoms with Gasteiger partial charge >= 0.3 is 0 Å². The molecule has 86 valence electrons. The van der Waals surface area contributed by atoms with Crippen LogP contribution in [0.2, 0.25) is 0 Å². The second-order valence-electron chi connectivity index (χ2n) is 3.44. The number of hydrogen-bond acceptors (Lipinski definition) is 4. The first-order valence-corrected chi connectivity index (χ1v) is 5.09. The lowest BCUT2D eigenvalue weighted by atomic mass is 10.2. The fourth-order valence-corrected chi connectivity index (χ4v) is 1.20. The first kappa shape index (κ1) is 12.2. The van der Waals surface area contributed by atoms with Crippen molar-refractivity contribution >= 4 is 17.9 Å². The van der Waals surface area contributed by atoms with Gasteiger partial charge in [-0.1, -0.05) is 12.2 Å². The van der Waals surface area contributed by atoms with E-state index in [2.05, 4.69) is 15.3 Å². The summed E-state index contributed by atoms with van der Waals surface area (Å²) in [6.45, 7) is 4.02. The number of carbonyl (C=O) groups excluding carboxylic acids is 1. The molecule has 0 aromatic carbocycles. The number of nitrogens with one attached hydrogen (secondary N) is 1. The summed E-state index contributed by atoms with van der Waals surface area (Å²) in [6.07, 6.45) is 6.37. The van der Waals surface area contributed by atoms with Crippen LogP contribution in [-0.2, 0) is 4.79 Å². The summed E-state index contributed by atoms with van der Waals surface area (Å²) in [5.41, 5.74) is 7.24. The molecule has 5 heteroatoms. The van der Waals surface area contributed by atoms with Crippen LogP contribution >= 0.6 is 0 Å². The summed E-state index contributed by atoms with van der Waals surface area (Å²) in [6, 6.07) is 0. The Kier molecular flexibility index (Phi) is 4.44. The number of rotatable bonds is 4. The predicted molar refractivity (Wildman–Crippen MR) is 63.5 cm³/mol. The van der Waals surface area contributed by atoms with Gasteiger partial charge in [0.1, 0.15) is 0 Å².